The number of primary sulfonamides is 1. The van der Waals surface area contributed by atoms with Crippen LogP contribution in [0.1, 0.15) is 24.6 Å². The third-order valence-corrected chi connectivity index (χ3v) is 6.09. The first kappa shape index (κ1) is 16.4. The Morgan fingerprint density at radius 3 is 2.90 bits per heavy atom. The van der Waals surface area contributed by atoms with Gasteiger partial charge >= 0.3 is 0 Å². The minimum absolute atomic E-state index is 0.0838. The van der Waals surface area contributed by atoms with Crippen LogP contribution in [0, 0.1) is 5.92 Å². The molecule has 21 heavy (non-hydrogen) atoms. The van der Waals surface area contributed by atoms with Gasteiger partial charge in [0.2, 0.25) is 15.9 Å². The fourth-order valence-electron chi connectivity index (χ4n) is 2.45. The lowest BCUT2D eigenvalue weighted by molar-refractivity contribution is -0.120. The fourth-order valence-corrected chi connectivity index (χ4v) is 4.23. The topological polar surface area (TPSA) is 98.5 Å². The first-order valence-corrected chi connectivity index (χ1v) is 9.26. The van der Waals surface area contributed by atoms with Crippen molar-refractivity contribution in [1.82, 2.24) is 5.32 Å². The molecule has 8 heteroatoms. The van der Waals surface area contributed by atoms with Gasteiger partial charge in [-0.1, -0.05) is 6.92 Å². The highest BCUT2D eigenvalue weighted by molar-refractivity contribution is 7.91. The van der Waals surface area contributed by atoms with Crippen molar-refractivity contribution < 1.29 is 17.9 Å². The normalized spacial score (nSPS) is 22.4. The zero-order chi connectivity index (χ0) is 15.5. The molecule has 1 aromatic rings. The summed E-state index contributed by atoms with van der Waals surface area (Å²) in [6.45, 7) is 3.43. The quantitative estimate of drug-likeness (QED) is 0.807. The summed E-state index contributed by atoms with van der Waals surface area (Å²) in [5, 5.41) is 7.93. The number of thiophene rings is 1. The summed E-state index contributed by atoms with van der Waals surface area (Å²) in [5.41, 5.74) is 0. The number of rotatable bonds is 6. The molecule has 2 atom stereocenters. The van der Waals surface area contributed by atoms with E-state index in [9.17, 15) is 13.2 Å². The Morgan fingerprint density at radius 2 is 2.29 bits per heavy atom. The van der Waals surface area contributed by atoms with Gasteiger partial charge in [0.05, 0.1) is 12.5 Å². The molecule has 0 bridgehead atoms. The van der Waals surface area contributed by atoms with Crippen LogP contribution in [0.5, 0.6) is 0 Å². The van der Waals surface area contributed by atoms with Crippen molar-refractivity contribution in [2.75, 3.05) is 13.2 Å². The second-order valence-electron chi connectivity index (χ2n) is 5.11. The van der Waals surface area contributed by atoms with Crippen molar-refractivity contribution in [1.29, 1.82) is 0 Å². The van der Waals surface area contributed by atoms with Crippen LogP contribution in [-0.2, 0) is 26.0 Å². The van der Waals surface area contributed by atoms with Crippen LogP contribution in [0.3, 0.4) is 0 Å². The molecular formula is C13H20N2O4S2. The standard InChI is InChI=1S/C13H20N2O4S2/c1-2-11-9(5-6-19-11)8-15-12(16)7-10-3-4-13(20-10)21(14,17)18/h3-4,9,11H,2,5-8H2,1H3,(H,15,16)(H2,14,17,18). The van der Waals surface area contributed by atoms with Gasteiger partial charge in [-0.3, -0.25) is 4.79 Å². The van der Waals surface area contributed by atoms with E-state index >= 15 is 0 Å². The second-order valence-corrected chi connectivity index (χ2v) is 8.07. The number of hydrogen-bond acceptors (Lipinski definition) is 5. The van der Waals surface area contributed by atoms with Crippen LogP contribution in [-0.4, -0.2) is 33.6 Å². The van der Waals surface area contributed by atoms with Gasteiger partial charge in [0.1, 0.15) is 4.21 Å². The minimum Gasteiger partial charge on any atom is -0.378 e. The molecule has 118 valence electrons. The number of hydrogen-bond donors (Lipinski definition) is 2. The van der Waals surface area contributed by atoms with E-state index in [1.165, 1.54) is 6.07 Å². The number of amides is 1. The highest BCUT2D eigenvalue weighted by Crippen LogP contribution is 2.23. The molecule has 1 fully saturated rings. The molecule has 1 amide bonds. The van der Waals surface area contributed by atoms with Crippen molar-refractivity contribution >= 4 is 27.3 Å². The molecule has 0 aromatic carbocycles. The largest absolute Gasteiger partial charge is 0.378 e. The Bertz CT molecular complexity index is 597. The lowest BCUT2D eigenvalue weighted by Gasteiger charge is -2.17. The fraction of sp³-hybridized carbons (Fsp3) is 0.615. The van der Waals surface area contributed by atoms with E-state index in [4.69, 9.17) is 9.88 Å². The van der Waals surface area contributed by atoms with Gasteiger partial charge in [-0.25, -0.2) is 13.6 Å². The van der Waals surface area contributed by atoms with Crippen LogP contribution < -0.4 is 10.5 Å². The molecule has 0 aliphatic carbocycles. The average Bonchev–Trinajstić information content (AvgIpc) is 3.03. The summed E-state index contributed by atoms with van der Waals surface area (Å²) in [6, 6.07) is 3.05. The van der Waals surface area contributed by atoms with Gasteiger partial charge in [-0.05, 0) is 25.0 Å². The van der Waals surface area contributed by atoms with Crippen molar-refractivity contribution in [3.05, 3.63) is 17.0 Å². The molecule has 2 unspecified atom stereocenters. The summed E-state index contributed by atoms with van der Waals surface area (Å²) < 4.78 is 28.0. The number of carbonyl (C=O) groups is 1. The van der Waals surface area contributed by atoms with Crippen LogP contribution in [0.4, 0.5) is 0 Å². The second kappa shape index (κ2) is 6.87. The van der Waals surface area contributed by atoms with Crippen LogP contribution >= 0.6 is 11.3 Å². The highest BCUT2D eigenvalue weighted by Gasteiger charge is 2.26. The Kier molecular flexibility index (Phi) is 5.37. The average molecular weight is 332 g/mol. The van der Waals surface area contributed by atoms with E-state index < -0.39 is 10.0 Å². The van der Waals surface area contributed by atoms with Crippen molar-refractivity contribution in [3.8, 4) is 0 Å². The highest BCUT2D eigenvalue weighted by atomic mass is 32.2. The predicted octanol–water partition coefficient (Wildman–Crippen LogP) is 0.869. The van der Waals surface area contributed by atoms with Crippen LogP contribution in [0.2, 0.25) is 0 Å². The van der Waals surface area contributed by atoms with Crippen molar-refractivity contribution in [2.24, 2.45) is 11.1 Å². The number of nitrogens with two attached hydrogens (primary N) is 1. The van der Waals surface area contributed by atoms with Crippen LogP contribution in [0.25, 0.3) is 0 Å². The molecule has 0 radical (unpaired) electrons. The molecule has 3 N–H and O–H groups in total. The zero-order valence-corrected chi connectivity index (χ0v) is 13.5. The summed E-state index contributed by atoms with van der Waals surface area (Å²) in [7, 11) is -3.68. The Labute approximate surface area is 128 Å². The molecule has 1 saturated heterocycles. The molecule has 1 aliphatic rings. The number of nitrogens with one attached hydrogen (secondary N) is 1. The maximum absolute atomic E-state index is 11.9. The Morgan fingerprint density at radius 1 is 1.52 bits per heavy atom. The summed E-state index contributed by atoms with van der Waals surface area (Å²) in [6.07, 6.45) is 2.31. The smallest absolute Gasteiger partial charge is 0.247 e. The van der Waals surface area contributed by atoms with E-state index in [1.807, 2.05) is 0 Å². The number of sulfonamides is 1. The molecule has 6 nitrogen and oxygen atoms in total. The third-order valence-electron chi connectivity index (χ3n) is 3.56. The summed E-state index contributed by atoms with van der Waals surface area (Å²) >= 11 is 1.03. The molecule has 0 spiro atoms. The third kappa shape index (κ3) is 4.50. The SMILES string of the molecule is CCC1OCCC1CNC(=O)Cc1ccc(S(N)(=O)=O)s1. The van der Waals surface area contributed by atoms with E-state index in [1.54, 1.807) is 6.07 Å². The lowest BCUT2D eigenvalue weighted by Crippen LogP contribution is -2.33. The van der Waals surface area contributed by atoms with Crippen molar-refractivity contribution in [3.63, 3.8) is 0 Å². The van der Waals surface area contributed by atoms with E-state index in [0.29, 0.717) is 17.3 Å². The van der Waals surface area contributed by atoms with Gasteiger partial charge in [0.25, 0.3) is 0 Å². The molecule has 2 heterocycles. The maximum atomic E-state index is 11.9. The number of carbonyl (C=O) groups excluding carboxylic acids is 1. The van der Waals surface area contributed by atoms with Gasteiger partial charge in [-0.15, -0.1) is 11.3 Å². The van der Waals surface area contributed by atoms with E-state index in [0.717, 1.165) is 30.8 Å². The van der Waals surface area contributed by atoms with E-state index in [-0.39, 0.29) is 22.6 Å². The molecule has 0 saturated carbocycles. The predicted molar refractivity (Wildman–Crippen MR) is 80.5 cm³/mol. The van der Waals surface area contributed by atoms with Crippen molar-refractivity contribution in [2.45, 2.75) is 36.5 Å². The first-order chi connectivity index (χ1) is 9.90. The molecular weight excluding hydrogens is 312 g/mol. The maximum Gasteiger partial charge on any atom is 0.247 e. The summed E-state index contributed by atoms with van der Waals surface area (Å²) in [5.74, 6) is 0.252. The van der Waals surface area contributed by atoms with Gasteiger partial charge in [-0.2, -0.15) is 0 Å². The molecule has 1 aromatic heterocycles. The van der Waals surface area contributed by atoms with Gasteiger partial charge < -0.3 is 10.1 Å². The minimum atomic E-state index is -3.68. The monoisotopic (exact) mass is 332 g/mol. The van der Waals surface area contributed by atoms with Gasteiger partial charge in [0.15, 0.2) is 0 Å². The summed E-state index contributed by atoms with van der Waals surface area (Å²) in [4.78, 5) is 12.6. The van der Waals surface area contributed by atoms with Crippen LogP contribution in [0.15, 0.2) is 16.3 Å². The van der Waals surface area contributed by atoms with Gasteiger partial charge in [0, 0.05) is 23.9 Å². The Hall–Kier alpha value is -0.960. The first-order valence-electron chi connectivity index (χ1n) is 6.90. The molecule has 2 rings (SSSR count). The zero-order valence-electron chi connectivity index (χ0n) is 11.9. The van der Waals surface area contributed by atoms with E-state index in [2.05, 4.69) is 12.2 Å². The lowest BCUT2D eigenvalue weighted by atomic mass is 10.00. The Balaban J connectivity index is 1.83. The molecule has 1 aliphatic heterocycles. The number of ether oxygens (including phenoxy) is 1.